The Morgan fingerprint density at radius 2 is 2.00 bits per heavy atom. The molecule has 0 unspecified atom stereocenters. The highest BCUT2D eigenvalue weighted by atomic mass is 19.1. The number of hydrogen-bond acceptors (Lipinski definition) is 5. The Morgan fingerprint density at radius 1 is 1.17 bits per heavy atom. The van der Waals surface area contributed by atoms with Crippen molar-refractivity contribution >= 4 is 11.7 Å². The third kappa shape index (κ3) is 3.67. The van der Waals surface area contributed by atoms with Gasteiger partial charge in [-0.2, -0.15) is 0 Å². The first-order valence-electron chi connectivity index (χ1n) is 9.52. The summed E-state index contributed by atoms with van der Waals surface area (Å²) < 4.78 is 31.7. The summed E-state index contributed by atoms with van der Waals surface area (Å²) in [6.07, 6.45) is 1.60. The van der Waals surface area contributed by atoms with Crippen molar-refractivity contribution in [3.05, 3.63) is 60.3 Å². The lowest BCUT2D eigenvalue weighted by atomic mass is 10.1. The van der Waals surface area contributed by atoms with E-state index in [4.69, 9.17) is 14.2 Å². The van der Waals surface area contributed by atoms with Gasteiger partial charge in [-0.05, 0) is 42.5 Å². The maximum atomic E-state index is 13.0. The van der Waals surface area contributed by atoms with Crippen LogP contribution < -0.4 is 20.1 Å². The summed E-state index contributed by atoms with van der Waals surface area (Å²) in [5.74, 6) is 1.92. The molecule has 0 spiro atoms. The lowest BCUT2D eigenvalue weighted by Crippen LogP contribution is -2.40. The van der Waals surface area contributed by atoms with Gasteiger partial charge in [0.1, 0.15) is 18.2 Å². The number of carbonyl (C=O) groups excluding carboxylic acids is 1. The number of fused-ring (bicyclic) bond motifs is 2. The number of rotatable bonds is 4. The minimum atomic E-state index is -0.377. The molecule has 3 aromatic rings. The van der Waals surface area contributed by atoms with Crippen LogP contribution in [0.5, 0.6) is 11.5 Å². The van der Waals surface area contributed by atoms with E-state index in [0.717, 1.165) is 22.8 Å². The van der Waals surface area contributed by atoms with Crippen LogP contribution in [0.4, 0.5) is 14.9 Å². The number of hydrogen-bond donors (Lipinski definition) is 2. The molecule has 2 aliphatic heterocycles. The Morgan fingerprint density at radius 3 is 2.87 bits per heavy atom. The fraction of sp³-hybridized carbons (Fsp3) is 0.238. The molecule has 0 aliphatic carbocycles. The third-order valence-electron chi connectivity index (χ3n) is 5.03. The predicted molar refractivity (Wildman–Crippen MR) is 106 cm³/mol. The third-order valence-corrected chi connectivity index (χ3v) is 5.03. The van der Waals surface area contributed by atoms with E-state index in [1.54, 1.807) is 0 Å². The zero-order chi connectivity index (χ0) is 20.5. The molecular weight excluding hydrogens is 391 g/mol. The molecule has 3 heterocycles. The summed E-state index contributed by atoms with van der Waals surface area (Å²) in [6.45, 7) is 1.46. The quantitative estimate of drug-likeness (QED) is 0.690. The maximum absolute atomic E-state index is 13.0. The second kappa shape index (κ2) is 7.68. The highest BCUT2D eigenvalue weighted by Crippen LogP contribution is 2.36. The molecule has 2 aromatic carbocycles. The van der Waals surface area contributed by atoms with Crippen molar-refractivity contribution in [2.75, 3.05) is 18.7 Å². The van der Waals surface area contributed by atoms with Crippen LogP contribution in [-0.4, -0.2) is 35.0 Å². The molecule has 5 rings (SSSR count). The van der Waals surface area contributed by atoms with Gasteiger partial charge in [0.2, 0.25) is 6.79 Å². The number of halogens is 1. The topological polar surface area (TPSA) is 86.6 Å². The Bertz CT molecular complexity index is 1080. The molecule has 0 radical (unpaired) electrons. The predicted octanol–water partition coefficient (Wildman–Crippen LogP) is 3.14. The van der Waals surface area contributed by atoms with Gasteiger partial charge < -0.3 is 29.4 Å². The summed E-state index contributed by atoms with van der Waals surface area (Å²) in [5, 5.41) is 5.46. The van der Waals surface area contributed by atoms with Gasteiger partial charge in [0, 0.05) is 17.8 Å². The average Bonchev–Trinajstić information content (AvgIpc) is 3.39. The Balaban J connectivity index is 1.23. The van der Waals surface area contributed by atoms with Crippen molar-refractivity contribution in [1.82, 2.24) is 14.9 Å². The number of carbonyl (C=O) groups is 1. The van der Waals surface area contributed by atoms with Gasteiger partial charge in [-0.3, -0.25) is 0 Å². The normalized spacial score (nSPS) is 16.8. The van der Waals surface area contributed by atoms with Crippen LogP contribution in [0.2, 0.25) is 0 Å². The largest absolute Gasteiger partial charge is 0.454 e. The fourth-order valence-electron chi connectivity index (χ4n) is 3.51. The van der Waals surface area contributed by atoms with Gasteiger partial charge in [-0.15, -0.1) is 0 Å². The smallest absolute Gasteiger partial charge is 0.319 e. The van der Waals surface area contributed by atoms with Crippen LogP contribution in [0.3, 0.4) is 0 Å². The number of nitrogens with one attached hydrogen (secondary N) is 2. The van der Waals surface area contributed by atoms with E-state index in [0.29, 0.717) is 31.1 Å². The molecule has 2 amide bonds. The number of aromatic nitrogens is 2. The Labute approximate surface area is 171 Å². The number of urea groups is 1. The molecular formula is C21H19FN4O4. The first-order valence-corrected chi connectivity index (χ1v) is 9.52. The van der Waals surface area contributed by atoms with Crippen LogP contribution in [0.25, 0.3) is 11.3 Å². The molecule has 0 bridgehead atoms. The van der Waals surface area contributed by atoms with E-state index in [-0.39, 0.29) is 24.7 Å². The molecule has 1 atom stereocenters. The number of ether oxygens (including phenoxy) is 3. The second-order valence-corrected chi connectivity index (χ2v) is 7.01. The van der Waals surface area contributed by atoms with Gasteiger partial charge >= 0.3 is 6.03 Å². The zero-order valence-corrected chi connectivity index (χ0v) is 15.9. The molecule has 154 valence electrons. The van der Waals surface area contributed by atoms with Crippen molar-refractivity contribution in [3.8, 4) is 22.8 Å². The number of benzene rings is 2. The fourth-order valence-corrected chi connectivity index (χ4v) is 3.51. The number of nitrogens with zero attached hydrogens (tertiary/aromatic N) is 2. The van der Waals surface area contributed by atoms with E-state index in [9.17, 15) is 9.18 Å². The summed E-state index contributed by atoms with van der Waals surface area (Å²) in [6, 6.07) is 11.0. The van der Waals surface area contributed by atoms with Crippen LogP contribution >= 0.6 is 0 Å². The average molecular weight is 410 g/mol. The van der Waals surface area contributed by atoms with Crippen LogP contribution in [0.1, 0.15) is 5.82 Å². The second-order valence-electron chi connectivity index (χ2n) is 7.01. The van der Waals surface area contributed by atoms with Crippen molar-refractivity contribution in [2.45, 2.75) is 19.3 Å². The monoisotopic (exact) mass is 410 g/mol. The van der Waals surface area contributed by atoms with Gasteiger partial charge in [0.05, 0.1) is 24.5 Å². The van der Waals surface area contributed by atoms with Crippen molar-refractivity contribution < 1.29 is 23.4 Å². The highest BCUT2D eigenvalue weighted by molar-refractivity contribution is 5.89. The molecule has 9 heteroatoms. The lowest BCUT2D eigenvalue weighted by Gasteiger charge is -2.26. The molecule has 0 fully saturated rings. The number of anilines is 1. The van der Waals surface area contributed by atoms with Gasteiger partial charge in [-0.25, -0.2) is 14.2 Å². The Kier molecular flexibility index (Phi) is 4.72. The number of imidazole rings is 1. The molecule has 8 nitrogen and oxygen atoms in total. The summed E-state index contributed by atoms with van der Waals surface area (Å²) in [4.78, 5) is 16.6. The SMILES string of the molecule is O=C(NC[C@H]1Cn2c(-c3ccc4c(c3)OCO4)cnc2CO1)Nc1ccc(F)cc1. The van der Waals surface area contributed by atoms with Crippen molar-refractivity contribution in [2.24, 2.45) is 0 Å². The maximum Gasteiger partial charge on any atom is 0.319 e. The van der Waals surface area contributed by atoms with Crippen molar-refractivity contribution in [1.29, 1.82) is 0 Å². The summed E-state index contributed by atoms with van der Waals surface area (Å²) in [5.41, 5.74) is 2.44. The molecule has 0 saturated heterocycles. The lowest BCUT2D eigenvalue weighted by molar-refractivity contribution is 0.00514. The Hall–Kier alpha value is -3.59. The van der Waals surface area contributed by atoms with E-state index in [2.05, 4.69) is 20.2 Å². The van der Waals surface area contributed by atoms with E-state index >= 15 is 0 Å². The first kappa shape index (κ1) is 18.4. The van der Waals surface area contributed by atoms with Crippen LogP contribution in [0.15, 0.2) is 48.7 Å². The van der Waals surface area contributed by atoms with E-state index in [1.165, 1.54) is 24.3 Å². The standard InChI is InChI=1S/C21H19FN4O4/c22-14-2-4-15(5-3-14)25-21(27)24-8-16-10-26-17(9-23-20(26)11-28-16)13-1-6-18-19(7-13)30-12-29-18/h1-7,9,16H,8,10-12H2,(H2,24,25,27)/t16-/m0/s1. The molecule has 30 heavy (non-hydrogen) atoms. The first-order chi connectivity index (χ1) is 14.7. The van der Waals surface area contributed by atoms with E-state index < -0.39 is 0 Å². The molecule has 2 N–H and O–H groups in total. The highest BCUT2D eigenvalue weighted by Gasteiger charge is 2.24. The van der Waals surface area contributed by atoms with Gasteiger partial charge in [-0.1, -0.05) is 0 Å². The summed E-state index contributed by atoms with van der Waals surface area (Å²) >= 11 is 0. The number of amides is 2. The van der Waals surface area contributed by atoms with Crippen LogP contribution in [0, 0.1) is 5.82 Å². The van der Waals surface area contributed by atoms with Gasteiger partial charge in [0.25, 0.3) is 0 Å². The van der Waals surface area contributed by atoms with E-state index in [1.807, 2.05) is 24.4 Å². The zero-order valence-electron chi connectivity index (χ0n) is 15.9. The molecule has 0 saturated carbocycles. The molecule has 2 aliphatic rings. The molecule has 1 aromatic heterocycles. The minimum Gasteiger partial charge on any atom is -0.454 e. The van der Waals surface area contributed by atoms with Gasteiger partial charge in [0.15, 0.2) is 11.5 Å². The minimum absolute atomic E-state index is 0.210. The van der Waals surface area contributed by atoms with Crippen LogP contribution in [-0.2, 0) is 17.9 Å². The van der Waals surface area contributed by atoms with Crippen molar-refractivity contribution in [3.63, 3.8) is 0 Å². The summed E-state index contributed by atoms with van der Waals surface area (Å²) in [7, 11) is 0.